The van der Waals surface area contributed by atoms with Crippen molar-refractivity contribution in [1.82, 2.24) is 9.88 Å². The molecule has 19 heavy (non-hydrogen) atoms. The number of aromatic nitrogens is 1. The molecule has 0 aliphatic carbocycles. The standard InChI is InChI=1S/C17H24N2/c1-12-7-6-8-16(9-12)14(3)18-11-17-10-13(2)19(5)15(17)4/h6-10,14,18H,11H2,1-5H3/t14-/m0/s1. The molecule has 1 aromatic carbocycles. The van der Waals surface area contributed by atoms with Gasteiger partial charge in [0.25, 0.3) is 0 Å². The van der Waals surface area contributed by atoms with Gasteiger partial charge in [0.05, 0.1) is 0 Å². The van der Waals surface area contributed by atoms with Crippen LogP contribution in [0.2, 0.25) is 0 Å². The Labute approximate surface area is 116 Å². The van der Waals surface area contributed by atoms with Crippen LogP contribution in [0.1, 0.15) is 41.0 Å². The third-order valence-electron chi connectivity index (χ3n) is 4.02. The van der Waals surface area contributed by atoms with Gasteiger partial charge in [-0.15, -0.1) is 0 Å². The van der Waals surface area contributed by atoms with Gasteiger partial charge in [-0.2, -0.15) is 0 Å². The van der Waals surface area contributed by atoms with Gasteiger partial charge >= 0.3 is 0 Å². The number of hydrogen-bond donors (Lipinski definition) is 1. The SMILES string of the molecule is Cc1cccc([C@H](C)NCc2cc(C)n(C)c2C)c1. The fourth-order valence-electron chi connectivity index (χ4n) is 2.43. The molecule has 2 heteroatoms. The summed E-state index contributed by atoms with van der Waals surface area (Å²) in [5.41, 5.74) is 6.72. The molecule has 0 aliphatic rings. The normalized spacial score (nSPS) is 12.7. The van der Waals surface area contributed by atoms with E-state index in [1.54, 1.807) is 0 Å². The zero-order valence-electron chi connectivity index (χ0n) is 12.6. The molecule has 0 fully saturated rings. The van der Waals surface area contributed by atoms with Gasteiger partial charge in [-0.05, 0) is 44.9 Å². The van der Waals surface area contributed by atoms with E-state index in [0.717, 1.165) is 6.54 Å². The summed E-state index contributed by atoms with van der Waals surface area (Å²) in [5, 5.41) is 3.61. The van der Waals surface area contributed by atoms with Crippen molar-refractivity contribution >= 4 is 0 Å². The molecule has 1 aromatic heterocycles. The summed E-state index contributed by atoms with van der Waals surface area (Å²) in [5.74, 6) is 0. The molecule has 1 heterocycles. The minimum atomic E-state index is 0.375. The lowest BCUT2D eigenvalue weighted by Crippen LogP contribution is -2.18. The molecule has 1 atom stereocenters. The first-order chi connectivity index (χ1) is 8.99. The molecule has 1 N–H and O–H groups in total. The van der Waals surface area contributed by atoms with Crippen molar-refractivity contribution in [2.24, 2.45) is 7.05 Å². The van der Waals surface area contributed by atoms with Gasteiger partial charge in [-0.3, -0.25) is 0 Å². The minimum Gasteiger partial charge on any atom is -0.352 e. The van der Waals surface area contributed by atoms with Crippen molar-refractivity contribution in [2.75, 3.05) is 0 Å². The maximum Gasteiger partial charge on any atom is 0.0295 e. The second-order valence-electron chi connectivity index (χ2n) is 5.47. The van der Waals surface area contributed by atoms with Crippen LogP contribution >= 0.6 is 0 Å². The largest absolute Gasteiger partial charge is 0.352 e. The summed E-state index contributed by atoms with van der Waals surface area (Å²) in [7, 11) is 2.12. The first kappa shape index (κ1) is 13.9. The van der Waals surface area contributed by atoms with Crippen molar-refractivity contribution < 1.29 is 0 Å². The van der Waals surface area contributed by atoms with Crippen LogP contribution in [0.5, 0.6) is 0 Å². The molecule has 0 bridgehead atoms. The molecule has 0 aliphatic heterocycles. The Morgan fingerprint density at radius 2 is 1.89 bits per heavy atom. The Kier molecular flexibility index (Phi) is 4.11. The summed E-state index contributed by atoms with van der Waals surface area (Å²) in [6.07, 6.45) is 0. The van der Waals surface area contributed by atoms with Crippen molar-refractivity contribution in [1.29, 1.82) is 0 Å². The zero-order chi connectivity index (χ0) is 14.0. The molecule has 0 radical (unpaired) electrons. The monoisotopic (exact) mass is 256 g/mol. The topological polar surface area (TPSA) is 17.0 Å². The molecule has 0 saturated heterocycles. The van der Waals surface area contributed by atoms with Crippen LogP contribution in [0.15, 0.2) is 30.3 Å². The minimum absolute atomic E-state index is 0.375. The van der Waals surface area contributed by atoms with Crippen molar-refractivity contribution in [3.8, 4) is 0 Å². The lowest BCUT2D eigenvalue weighted by atomic mass is 10.1. The van der Waals surface area contributed by atoms with Crippen LogP contribution in [0, 0.1) is 20.8 Å². The van der Waals surface area contributed by atoms with E-state index in [4.69, 9.17) is 0 Å². The predicted octanol–water partition coefficient (Wildman–Crippen LogP) is 3.80. The maximum atomic E-state index is 3.61. The quantitative estimate of drug-likeness (QED) is 0.880. The Morgan fingerprint density at radius 3 is 2.47 bits per heavy atom. The molecule has 0 amide bonds. The van der Waals surface area contributed by atoms with Crippen LogP contribution < -0.4 is 5.32 Å². The van der Waals surface area contributed by atoms with Gasteiger partial charge in [-0.1, -0.05) is 29.8 Å². The fourth-order valence-corrected chi connectivity index (χ4v) is 2.43. The summed E-state index contributed by atoms with van der Waals surface area (Å²) < 4.78 is 2.24. The predicted molar refractivity (Wildman–Crippen MR) is 81.3 cm³/mol. The number of nitrogens with one attached hydrogen (secondary N) is 1. The van der Waals surface area contributed by atoms with E-state index in [-0.39, 0.29) is 0 Å². The molecule has 2 nitrogen and oxygen atoms in total. The number of rotatable bonds is 4. The highest BCUT2D eigenvalue weighted by atomic mass is 15.0. The van der Waals surface area contributed by atoms with Crippen LogP contribution in [0.25, 0.3) is 0 Å². The Morgan fingerprint density at radius 1 is 1.16 bits per heavy atom. The zero-order valence-corrected chi connectivity index (χ0v) is 12.6. The van der Waals surface area contributed by atoms with Crippen LogP contribution in [0.4, 0.5) is 0 Å². The van der Waals surface area contributed by atoms with Crippen molar-refractivity contribution in [2.45, 2.75) is 40.3 Å². The lowest BCUT2D eigenvalue weighted by molar-refractivity contribution is 0.572. The molecule has 0 spiro atoms. The molecule has 0 saturated carbocycles. The first-order valence-corrected chi connectivity index (χ1v) is 6.90. The Balaban J connectivity index is 2.04. The highest BCUT2D eigenvalue weighted by Crippen LogP contribution is 2.17. The highest BCUT2D eigenvalue weighted by Gasteiger charge is 2.09. The van der Waals surface area contributed by atoms with Gasteiger partial charge in [0.2, 0.25) is 0 Å². The van der Waals surface area contributed by atoms with Crippen molar-refractivity contribution in [3.05, 3.63) is 58.4 Å². The van der Waals surface area contributed by atoms with E-state index in [9.17, 15) is 0 Å². The van der Waals surface area contributed by atoms with Gasteiger partial charge in [0.1, 0.15) is 0 Å². The number of benzene rings is 1. The van der Waals surface area contributed by atoms with E-state index < -0.39 is 0 Å². The third-order valence-corrected chi connectivity index (χ3v) is 4.02. The average Bonchev–Trinajstić information content (AvgIpc) is 2.63. The van der Waals surface area contributed by atoms with Gasteiger partial charge in [0, 0.05) is 31.0 Å². The Hall–Kier alpha value is -1.54. The smallest absolute Gasteiger partial charge is 0.0295 e. The molecule has 2 aromatic rings. The van der Waals surface area contributed by atoms with Crippen molar-refractivity contribution in [3.63, 3.8) is 0 Å². The second-order valence-corrected chi connectivity index (χ2v) is 5.47. The number of nitrogens with zero attached hydrogens (tertiary/aromatic N) is 1. The van der Waals surface area contributed by atoms with Crippen LogP contribution in [0.3, 0.4) is 0 Å². The van der Waals surface area contributed by atoms with Gasteiger partial charge in [0.15, 0.2) is 0 Å². The third kappa shape index (κ3) is 3.07. The number of hydrogen-bond acceptors (Lipinski definition) is 1. The average molecular weight is 256 g/mol. The molecule has 102 valence electrons. The lowest BCUT2D eigenvalue weighted by Gasteiger charge is -2.15. The van der Waals surface area contributed by atoms with Crippen LogP contribution in [-0.4, -0.2) is 4.57 Å². The first-order valence-electron chi connectivity index (χ1n) is 6.90. The molecular weight excluding hydrogens is 232 g/mol. The van der Waals surface area contributed by atoms with Gasteiger partial charge in [-0.25, -0.2) is 0 Å². The maximum absolute atomic E-state index is 3.61. The van der Waals surface area contributed by atoms with E-state index in [0.29, 0.717) is 6.04 Å². The van der Waals surface area contributed by atoms with E-state index in [2.05, 4.69) is 75.0 Å². The summed E-state index contributed by atoms with van der Waals surface area (Å²) in [6.45, 7) is 9.62. The summed E-state index contributed by atoms with van der Waals surface area (Å²) in [4.78, 5) is 0. The van der Waals surface area contributed by atoms with E-state index in [1.807, 2.05) is 0 Å². The molecule has 2 rings (SSSR count). The number of aryl methyl sites for hydroxylation is 2. The fraction of sp³-hybridized carbons (Fsp3) is 0.412. The van der Waals surface area contributed by atoms with E-state index in [1.165, 1.54) is 28.1 Å². The second kappa shape index (κ2) is 5.62. The Bertz CT molecular complexity index is 567. The summed E-state index contributed by atoms with van der Waals surface area (Å²) in [6, 6.07) is 11.3. The highest BCUT2D eigenvalue weighted by molar-refractivity contribution is 5.27. The van der Waals surface area contributed by atoms with E-state index >= 15 is 0 Å². The van der Waals surface area contributed by atoms with Crippen LogP contribution in [-0.2, 0) is 13.6 Å². The summed E-state index contributed by atoms with van der Waals surface area (Å²) >= 11 is 0. The molecular formula is C17H24N2. The molecule has 0 unspecified atom stereocenters. The van der Waals surface area contributed by atoms with Gasteiger partial charge < -0.3 is 9.88 Å².